The van der Waals surface area contributed by atoms with E-state index >= 15 is 0 Å². The zero-order chi connectivity index (χ0) is 20.3. The Morgan fingerprint density at radius 2 is 2.00 bits per heavy atom. The number of aromatic nitrogens is 4. The van der Waals surface area contributed by atoms with Crippen molar-refractivity contribution in [3.63, 3.8) is 0 Å². The van der Waals surface area contributed by atoms with E-state index in [4.69, 9.17) is 4.74 Å². The molecule has 0 unspecified atom stereocenters. The lowest BCUT2D eigenvalue weighted by Gasteiger charge is -2.29. The number of nitrogens with one attached hydrogen (secondary N) is 1. The van der Waals surface area contributed by atoms with Gasteiger partial charge in [0.2, 0.25) is 5.16 Å². The number of carbonyl (C=O) groups is 2. The first-order valence-electron chi connectivity index (χ1n) is 9.61. The summed E-state index contributed by atoms with van der Waals surface area (Å²) in [5, 5.41) is 7.99. The topological polar surface area (TPSA) is 98.5 Å². The van der Waals surface area contributed by atoms with Crippen LogP contribution in [0, 0.1) is 19.8 Å². The van der Waals surface area contributed by atoms with Crippen LogP contribution in [-0.4, -0.2) is 50.4 Å². The highest BCUT2D eigenvalue weighted by molar-refractivity contribution is 7.98. The van der Waals surface area contributed by atoms with Crippen LogP contribution in [0.5, 0.6) is 0 Å². The average Bonchev–Trinajstić information content (AvgIpc) is 3.08. The molecule has 28 heavy (non-hydrogen) atoms. The van der Waals surface area contributed by atoms with E-state index in [0.29, 0.717) is 22.5 Å². The van der Waals surface area contributed by atoms with E-state index < -0.39 is 5.97 Å². The fourth-order valence-electron chi connectivity index (χ4n) is 3.65. The van der Waals surface area contributed by atoms with Crippen molar-refractivity contribution in [2.45, 2.75) is 64.1 Å². The number of nitrogens with zero attached hydrogens (tertiary/aromatic N) is 4. The van der Waals surface area contributed by atoms with Gasteiger partial charge in [0.15, 0.2) is 6.61 Å². The number of rotatable bonds is 6. The Labute approximate surface area is 168 Å². The summed E-state index contributed by atoms with van der Waals surface area (Å²) >= 11 is 1.44. The second-order valence-corrected chi connectivity index (χ2v) is 8.12. The van der Waals surface area contributed by atoms with Gasteiger partial charge in [-0.05, 0) is 38.9 Å². The van der Waals surface area contributed by atoms with Crippen molar-refractivity contribution in [1.82, 2.24) is 24.9 Å². The van der Waals surface area contributed by atoms with Gasteiger partial charge in [-0.2, -0.15) is 4.98 Å². The molecule has 8 nitrogen and oxygen atoms in total. The third kappa shape index (κ3) is 4.63. The second-order valence-electron chi connectivity index (χ2n) is 7.34. The lowest BCUT2D eigenvalue weighted by molar-refractivity contribution is -0.148. The summed E-state index contributed by atoms with van der Waals surface area (Å²) in [5.41, 5.74) is 2.26. The van der Waals surface area contributed by atoms with E-state index in [1.54, 1.807) is 4.52 Å². The largest absolute Gasteiger partial charge is 0.455 e. The molecule has 3 rings (SSSR count). The van der Waals surface area contributed by atoms with Crippen LogP contribution in [-0.2, 0) is 20.7 Å². The Balaban J connectivity index is 1.59. The zero-order valence-corrected chi connectivity index (χ0v) is 17.6. The Bertz CT molecular complexity index is 882. The van der Waals surface area contributed by atoms with Gasteiger partial charge < -0.3 is 10.1 Å². The van der Waals surface area contributed by atoms with Crippen molar-refractivity contribution in [3.05, 3.63) is 17.0 Å². The molecular weight excluding hydrogens is 378 g/mol. The number of aryl methyl sites for hydroxylation is 2. The van der Waals surface area contributed by atoms with E-state index in [-0.39, 0.29) is 25.0 Å². The fraction of sp³-hybridized carbons (Fsp3) is 0.632. The fourth-order valence-corrected chi connectivity index (χ4v) is 3.99. The number of hydrogen-bond donors (Lipinski definition) is 1. The smallest absolute Gasteiger partial charge is 0.310 e. The molecule has 0 saturated heterocycles. The highest BCUT2D eigenvalue weighted by Gasteiger charge is 2.23. The molecule has 9 heteroatoms. The van der Waals surface area contributed by atoms with Gasteiger partial charge in [0.1, 0.15) is 0 Å². The Hall–Kier alpha value is -2.16. The SMILES string of the molecule is CSc1nc2nc(C)c(CC(=O)OCC(=O)N[C@H]3CCCC[C@H]3C)c(C)n2n1. The minimum atomic E-state index is -0.454. The van der Waals surface area contributed by atoms with Crippen molar-refractivity contribution in [3.8, 4) is 0 Å². The average molecular weight is 406 g/mol. The van der Waals surface area contributed by atoms with Crippen LogP contribution in [0.4, 0.5) is 0 Å². The van der Waals surface area contributed by atoms with E-state index in [2.05, 4.69) is 27.3 Å². The number of ether oxygens (including phenoxy) is 1. The normalized spacial score (nSPS) is 19.6. The highest BCUT2D eigenvalue weighted by atomic mass is 32.2. The third-order valence-electron chi connectivity index (χ3n) is 5.36. The molecular formula is C19H27N5O3S. The number of hydrogen-bond acceptors (Lipinski definition) is 7. The first-order chi connectivity index (χ1) is 13.4. The predicted molar refractivity (Wildman–Crippen MR) is 106 cm³/mol. The number of thioether (sulfide) groups is 1. The first kappa shape index (κ1) is 20.6. The van der Waals surface area contributed by atoms with Gasteiger partial charge in [0.05, 0.1) is 6.42 Å². The second kappa shape index (κ2) is 8.89. The third-order valence-corrected chi connectivity index (χ3v) is 5.89. The molecule has 1 aliphatic rings. The lowest BCUT2D eigenvalue weighted by Crippen LogP contribution is -2.43. The molecule has 1 saturated carbocycles. The molecule has 0 spiro atoms. The van der Waals surface area contributed by atoms with Gasteiger partial charge in [0.25, 0.3) is 11.7 Å². The van der Waals surface area contributed by atoms with Crippen LogP contribution in [0.3, 0.4) is 0 Å². The number of carbonyl (C=O) groups excluding carboxylic acids is 2. The zero-order valence-electron chi connectivity index (χ0n) is 16.8. The van der Waals surface area contributed by atoms with Crippen LogP contribution in [0.2, 0.25) is 0 Å². The molecule has 2 aromatic rings. The summed E-state index contributed by atoms with van der Waals surface area (Å²) < 4.78 is 6.84. The van der Waals surface area contributed by atoms with Crippen LogP contribution >= 0.6 is 11.8 Å². The standard InChI is InChI=1S/C19H27N5O3S/c1-11-7-5-6-8-15(11)21-16(25)10-27-17(26)9-14-12(2)20-18-22-19(28-4)23-24(18)13(14)3/h11,15H,5-10H2,1-4H3,(H,21,25)/t11-,15+/m1/s1. The molecule has 1 fully saturated rings. The highest BCUT2D eigenvalue weighted by Crippen LogP contribution is 2.23. The van der Waals surface area contributed by atoms with Crippen molar-refractivity contribution < 1.29 is 14.3 Å². The predicted octanol–water partition coefficient (Wildman–Crippen LogP) is 2.24. The molecule has 1 aliphatic carbocycles. The number of amides is 1. The van der Waals surface area contributed by atoms with Crippen LogP contribution in [0.15, 0.2) is 5.16 Å². The first-order valence-corrected chi connectivity index (χ1v) is 10.8. The molecule has 1 N–H and O–H groups in total. The Morgan fingerprint density at radius 1 is 1.25 bits per heavy atom. The lowest BCUT2D eigenvalue weighted by atomic mass is 9.86. The molecule has 0 aromatic carbocycles. The van der Waals surface area contributed by atoms with Crippen LogP contribution < -0.4 is 5.32 Å². The minimum absolute atomic E-state index is 0.0438. The monoisotopic (exact) mass is 405 g/mol. The van der Waals surface area contributed by atoms with Crippen molar-refractivity contribution in [2.24, 2.45) is 5.92 Å². The van der Waals surface area contributed by atoms with Crippen LogP contribution in [0.25, 0.3) is 5.78 Å². The van der Waals surface area contributed by atoms with E-state index in [1.165, 1.54) is 18.2 Å². The summed E-state index contributed by atoms with van der Waals surface area (Å²) in [6.45, 7) is 5.60. The molecule has 152 valence electrons. The Morgan fingerprint density at radius 3 is 2.71 bits per heavy atom. The summed E-state index contributed by atoms with van der Waals surface area (Å²) in [6, 6.07) is 0.175. The molecule has 2 heterocycles. The number of esters is 1. The van der Waals surface area contributed by atoms with Gasteiger partial charge in [-0.25, -0.2) is 9.50 Å². The maximum atomic E-state index is 12.3. The van der Waals surface area contributed by atoms with E-state index in [1.807, 2.05) is 20.1 Å². The van der Waals surface area contributed by atoms with Crippen molar-refractivity contribution in [1.29, 1.82) is 0 Å². The minimum Gasteiger partial charge on any atom is -0.455 e. The summed E-state index contributed by atoms with van der Waals surface area (Å²) in [6.07, 6.45) is 6.39. The molecule has 0 bridgehead atoms. The maximum absolute atomic E-state index is 12.3. The summed E-state index contributed by atoms with van der Waals surface area (Å²) in [5.74, 6) is 0.280. The quantitative estimate of drug-likeness (QED) is 0.581. The number of fused-ring (bicyclic) bond motifs is 1. The molecule has 2 atom stereocenters. The van der Waals surface area contributed by atoms with E-state index in [9.17, 15) is 9.59 Å². The van der Waals surface area contributed by atoms with Gasteiger partial charge in [-0.1, -0.05) is 31.5 Å². The maximum Gasteiger partial charge on any atom is 0.310 e. The van der Waals surface area contributed by atoms with Gasteiger partial charge in [-0.15, -0.1) is 5.10 Å². The van der Waals surface area contributed by atoms with Gasteiger partial charge in [0, 0.05) is 23.0 Å². The molecule has 0 radical (unpaired) electrons. The molecule has 0 aliphatic heterocycles. The van der Waals surface area contributed by atoms with Crippen molar-refractivity contribution in [2.75, 3.05) is 12.9 Å². The summed E-state index contributed by atoms with van der Waals surface area (Å²) in [4.78, 5) is 33.2. The van der Waals surface area contributed by atoms with Gasteiger partial charge >= 0.3 is 5.97 Å². The van der Waals surface area contributed by atoms with Gasteiger partial charge in [-0.3, -0.25) is 9.59 Å². The van der Waals surface area contributed by atoms with E-state index in [0.717, 1.165) is 30.5 Å². The molecule has 1 amide bonds. The molecule has 2 aromatic heterocycles. The van der Waals surface area contributed by atoms with Crippen molar-refractivity contribution >= 4 is 29.4 Å². The van der Waals surface area contributed by atoms with Crippen LogP contribution in [0.1, 0.15) is 49.6 Å². The Kier molecular flexibility index (Phi) is 6.53. The summed E-state index contributed by atoms with van der Waals surface area (Å²) in [7, 11) is 0.